The lowest BCUT2D eigenvalue weighted by atomic mass is 10.0. The molecule has 0 aliphatic rings. The maximum absolute atomic E-state index is 6.17. The van der Waals surface area contributed by atoms with Crippen LogP contribution in [0.2, 0.25) is 0 Å². The average molecular weight is 396 g/mol. The van der Waals surface area contributed by atoms with Crippen molar-refractivity contribution in [1.29, 1.82) is 0 Å². The van der Waals surface area contributed by atoms with Gasteiger partial charge in [-0.05, 0) is 55.5 Å². The molecular formula is C26H41N3. The molecule has 1 aromatic rings. The van der Waals surface area contributed by atoms with Crippen LogP contribution in [-0.2, 0) is 6.42 Å². The first kappa shape index (κ1) is 28.5. The highest BCUT2D eigenvalue weighted by molar-refractivity contribution is 6.10. The van der Waals surface area contributed by atoms with Gasteiger partial charge in [0.15, 0.2) is 5.84 Å². The number of aliphatic imine (C=N–C) groups is 2. The minimum Gasteiger partial charge on any atom is -0.384 e. The SMILES string of the molecule is C/C=C\C=C(/C)C(N=C(N)/C=C(\C=C/C)c1cccc(CC)c1)=NC.CC.CC. The number of aryl methyl sites for hydroxylation is 1. The predicted molar refractivity (Wildman–Crippen MR) is 135 cm³/mol. The lowest BCUT2D eigenvalue weighted by Gasteiger charge is -2.06. The molecule has 0 saturated carbocycles. The van der Waals surface area contributed by atoms with E-state index in [1.807, 2.05) is 84.9 Å². The molecule has 0 bridgehead atoms. The summed E-state index contributed by atoms with van der Waals surface area (Å²) < 4.78 is 0. The molecular weight excluding hydrogens is 354 g/mol. The standard InChI is InChI=1S/C22H29N3.2C2H6/c1-6-9-12-17(4)22(24-5)25-21(23)16-19(11-7-2)20-14-10-13-18(8-3)15-20;2*1-2/h6-7,9-16H,8H2,1-5H3,(H2,23,24,25);2*1-2H3/b9-6-,11-7-,17-12+,19-16+;;. The molecule has 0 heterocycles. The summed E-state index contributed by atoms with van der Waals surface area (Å²) in [6.07, 6.45) is 12.8. The summed E-state index contributed by atoms with van der Waals surface area (Å²) in [6.45, 7) is 16.1. The van der Waals surface area contributed by atoms with Gasteiger partial charge in [-0.2, -0.15) is 0 Å². The van der Waals surface area contributed by atoms with E-state index in [0.29, 0.717) is 11.7 Å². The van der Waals surface area contributed by atoms with Crippen LogP contribution >= 0.6 is 0 Å². The second-order valence-electron chi connectivity index (χ2n) is 5.61. The Morgan fingerprint density at radius 3 is 2.24 bits per heavy atom. The lowest BCUT2D eigenvalue weighted by molar-refractivity contribution is 1.14. The van der Waals surface area contributed by atoms with Gasteiger partial charge in [-0.3, -0.25) is 4.99 Å². The summed E-state index contributed by atoms with van der Waals surface area (Å²) in [7, 11) is 1.72. The van der Waals surface area contributed by atoms with Gasteiger partial charge in [-0.1, -0.05) is 89.3 Å². The Kier molecular flexibility index (Phi) is 18.4. The van der Waals surface area contributed by atoms with Crippen molar-refractivity contribution in [1.82, 2.24) is 0 Å². The lowest BCUT2D eigenvalue weighted by Crippen LogP contribution is -2.12. The third-order valence-corrected chi connectivity index (χ3v) is 3.66. The highest BCUT2D eigenvalue weighted by Crippen LogP contribution is 2.18. The normalized spacial score (nSPS) is 13.1. The molecule has 2 N–H and O–H groups in total. The van der Waals surface area contributed by atoms with Gasteiger partial charge in [-0.25, -0.2) is 4.99 Å². The number of amidine groups is 2. The average Bonchev–Trinajstić information content (AvgIpc) is 2.78. The number of benzene rings is 1. The van der Waals surface area contributed by atoms with Gasteiger partial charge in [-0.15, -0.1) is 0 Å². The van der Waals surface area contributed by atoms with Crippen LogP contribution in [0.4, 0.5) is 0 Å². The van der Waals surface area contributed by atoms with Gasteiger partial charge in [0.1, 0.15) is 5.84 Å². The molecule has 1 rings (SSSR count). The molecule has 3 heteroatoms. The fourth-order valence-electron chi connectivity index (χ4n) is 2.32. The van der Waals surface area contributed by atoms with E-state index in [9.17, 15) is 0 Å². The number of nitrogens with zero attached hydrogens (tertiary/aromatic N) is 2. The summed E-state index contributed by atoms with van der Waals surface area (Å²) in [6, 6.07) is 8.47. The summed E-state index contributed by atoms with van der Waals surface area (Å²) in [4.78, 5) is 8.70. The van der Waals surface area contributed by atoms with Crippen LogP contribution < -0.4 is 5.73 Å². The fraction of sp³-hybridized carbons (Fsp3) is 0.385. The van der Waals surface area contributed by atoms with Gasteiger partial charge in [0.2, 0.25) is 0 Å². The molecule has 0 spiro atoms. The summed E-state index contributed by atoms with van der Waals surface area (Å²) in [5, 5.41) is 0. The highest BCUT2D eigenvalue weighted by Gasteiger charge is 2.03. The van der Waals surface area contributed by atoms with Gasteiger partial charge in [0.25, 0.3) is 0 Å². The van der Waals surface area contributed by atoms with Crippen molar-refractivity contribution in [2.24, 2.45) is 15.7 Å². The van der Waals surface area contributed by atoms with E-state index in [0.717, 1.165) is 23.1 Å². The number of nitrogens with two attached hydrogens (primary N) is 1. The van der Waals surface area contributed by atoms with E-state index < -0.39 is 0 Å². The highest BCUT2D eigenvalue weighted by atomic mass is 14.9. The van der Waals surface area contributed by atoms with Crippen LogP contribution in [0, 0.1) is 0 Å². The maximum Gasteiger partial charge on any atom is 0.152 e. The topological polar surface area (TPSA) is 50.7 Å². The Labute approximate surface area is 179 Å². The second-order valence-corrected chi connectivity index (χ2v) is 5.61. The number of rotatable bonds is 6. The first-order chi connectivity index (χ1) is 14.0. The smallest absolute Gasteiger partial charge is 0.152 e. The van der Waals surface area contributed by atoms with E-state index in [-0.39, 0.29) is 0 Å². The van der Waals surface area contributed by atoms with Crippen LogP contribution in [0.3, 0.4) is 0 Å². The molecule has 0 unspecified atom stereocenters. The monoisotopic (exact) mass is 395 g/mol. The predicted octanol–water partition coefficient (Wildman–Crippen LogP) is 7.17. The zero-order valence-electron chi connectivity index (χ0n) is 20.0. The first-order valence-electron chi connectivity index (χ1n) is 10.6. The van der Waals surface area contributed by atoms with E-state index in [1.165, 1.54) is 5.56 Å². The van der Waals surface area contributed by atoms with Crippen molar-refractivity contribution in [3.8, 4) is 0 Å². The van der Waals surface area contributed by atoms with Crippen molar-refractivity contribution in [2.75, 3.05) is 7.05 Å². The molecule has 0 aromatic heterocycles. The van der Waals surface area contributed by atoms with E-state index in [1.54, 1.807) is 7.05 Å². The van der Waals surface area contributed by atoms with Crippen LogP contribution in [0.15, 0.2) is 76.3 Å². The maximum atomic E-state index is 6.17. The number of hydrogen-bond acceptors (Lipinski definition) is 1. The molecule has 3 nitrogen and oxygen atoms in total. The fourth-order valence-corrected chi connectivity index (χ4v) is 2.32. The molecule has 0 aliphatic carbocycles. The first-order valence-corrected chi connectivity index (χ1v) is 10.6. The van der Waals surface area contributed by atoms with E-state index >= 15 is 0 Å². The third-order valence-electron chi connectivity index (χ3n) is 3.66. The zero-order valence-corrected chi connectivity index (χ0v) is 20.0. The van der Waals surface area contributed by atoms with Crippen LogP contribution in [0.1, 0.15) is 66.5 Å². The van der Waals surface area contributed by atoms with Crippen molar-refractivity contribution in [3.05, 3.63) is 77.4 Å². The molecule has 29 heavy (non-hydrogen) atoms. The van der Waals surface area contributed by atoms with Gasteiger partial charge < -0.3 is 5.73 Å². The Bertz CT molecular complexity index is 745. The molecule has 0 fully saturated rings. The molecule has 1 aromatic carbocycles. The van der Waals surface area contributed by atoms with Crippen molar-refractivity contribution in [3.63, 3.8) is 0 Å². The van der Waals surface area contributed by atoms with Gasteiger partial charge in [0, 0.05) is 7.05 Å². The van der Waals surface area contributed by atoms with E-state index in [4.69, 9.17) is 5.73 Å². The second kappa shape index (κ2) is 18.7. The molecule has 160 valence electrons. The van der Waals surface area contributed by atoms with Gasteiger partial charge in [0.05, 0.1) is 0 Å². The zero-order chi connectivity index (χ0) is 22.7. The van der Waals surface area contributed by atoms with E-state index in [2.05, 4.69) is 41.2 Å². The number of allylic oxidation sites excluding steroid dienone is 6. The largest absolute Gasteiger partial charge is 0.384 e. The third kappa shape index (κ3) is 11.7. The molecule has 0 saturated heterocycles. The minimum absolute atomic E-state index is 0.434. The van der Waals surface area contributed by atoms with Crippen molar-refractivity contribution < 1.29 is 0 Å². The summed E-state index contributed by atoms with van der Waals surface area (Å²) >= 11 is 0. The van der Waals surface area contributed by atoms with Crippen molar-refractivity contribution in [2.45, 2.75) is 61.8 Å². The minimum atomic E-state index is 0.434. The van der Waals surface area contributed by atoms with Crippen molar-refractivity contribution >= 4 is 17.2 Å². The Morgan fingerprint density at radius 2 is 1.72 bits per heavy atom. The van der Waals surface area contributed by atoms with Gasteiger partial charge >= 0.3 is 0 Å². The summed E-state index contributed by atoms with van der Waals surface area (Å²) in [5.74, 6) is 1.07. The Morgan fingerprint density at radius 1 is 1.07 bits per heavy atom. The van der Waals surface area contributed by atoms with Crippen LogP contribution in [0.25, 0.3) is 5.57 Å². The molecule has 0 aliphatic heterocycles. The quantitative estimate of drug-likeness (QED) is 0.310. The Hall–Kier alpha value is -2.68. The Balaban J connectivity index is 0. The van der Waals surface area contributed by atoms with Crippen LogP contribution in [-0.4, -0.2) is 18.7 Å². The molecule has 0 radical (unpaired) electrons. The summed E-state index contributed by atoms with van der Waals surface area (Å²) in [5.41, 5.74) is 10.6. The van der Waals surface area contributed by atoms with Crippen LogP contribution in [0.5, 0.6) is 0 Å². The molecule has 0 amide bonds. The number of hydrogen-bond donors (Lipinski definition) is 1. The molecule has 0 atom stereocenters.